The van der Waals surface area contributed by atoms with Crippen LogP contribution in [0.2, 0.25) is 0 Å². The highest BCUT2D eigenvalue weighted by molar-refractivity contribution is 7.91. The SMILES string of the molecule is O=S(=O)(c1ccccc1)c1nn(CC2CCCN2)c2ccccc12. The summed E-state index contributed by atoms with van der Waals surface area (Å²) >= 11 is 0. The fourth-order valence-corrected chi connectivity index (χ4v) is 4.67. The third-order valence-corrected chi connectivity index (χ3v) is 6.19. The summed E-state index contributed by atoms with van der Waals surface area (Å²) in [6.07, 6.45) is 2.24. The molecule has 1 saturated heterocycles. The van der Waals surface area contributed by atoms with Gasteiger partial charge >= 0.3 is 0 Å². The Kier molecular flexibility index (Phi) is 3.86. The molecule has 1 unspecified atom stereocenters. The molecule has 24 heavy (non-hydrogen) atoms. The summed E-state index contributed by atoms with van der Waals surface area (Å²) in [6.45, 7) is 1.70. The molecule has 2 aromatic carbocycles. The fourth-order valence-electron chi connectivity index (χ4n) is 3.27. The minimum Gasteiger partial charge on any atom is -0.312 e. The molecule has 0 bridgehead atoms. The van der Waals surface area contributed by atoms with Crippen LogP contribution in [0.25, 0.3) is 10.9 Å². The predicted octanol–water partition coefficient (Wildman–Crippen LogP) is 2.62. The molecule has 0 amide bonds. The first-order chi connectivity index (χ1) is 11.7. The van der Waals surface area contributed by atoms with E-state index in [1.165, 1.54) is 0 Å². The second-order valence-corrected chi connectivity index (χ2v) is 7.98. The maximum Gasteiger partial charge on any atom is 0.226 e. The lowest BCUT2D eigenvalue weighted by Gasteiger charge is -2.10. The van der Waals surface area contributed by atoms with Crippen molar-refractivity contribution < 1.29 is 8.42 Å². The highest BCUT2D eigenvalue weighted by Crippen LogP contribution is 2.28. The van der Waals surface area contributed by atoms with Crippen LogP contribution in [-0.2, 0) is 16.4 Å². The second-order valence-electron chi connectivity index (χ2n) is 6.11. The van der Waals surface area contributed by atoms with Gasteiger partial charge in [-0.15, -0.1) is 0 Å². The molecule has 3 aromatic rings. The molecule has 0 saturated carbocycles. The summed E-state index contributed by atoms with van der Waals surface area (Å²) in [5.41, 5.74) is 0.862. The van der Waals surface area contributed by atoms with Gasteiger partial charge in [-0.25, -0.2) is 8.42 Å². The number of hydrogen-bond donors (Lipinski definition) is 1. The van der Waals surface area contributed by atoms with Crippen molar-refractivity contribution in [1.82, 2.24) is 15.1 Å². The average Bonchev–Trinajstić information content (AvgIpc) is 3.25. The summed E-state index contributed by atoms with van der Waals surface area (Å²) in [5, 5.41) is 8.75. The molecule has 0 radical (unpaired) electrons. The van der Waals surface area contributed by atoms with Crippen molar-refractivity contribution in [2.45, 2.75) is 35.3 Å². The van der Waals surface area contributed by atoms with Gasteiger partial charge in [-0.05, 0) is 43.7 Å². The van der Waals surface area contributed by atoms with Crippen molar-refractivity contribution in [3.8, 4) is 0 Å². The van der Waals surface area contributed by atoms with E-state index < -0.39 is 9.84 Å². The number of benzene rings is 2. The van der Waals surface area contributed by atoms with E-state index in [4.69, 9.17) is 0 Å². The van der Waals surface area contributed by atoms with Gasteiger partial charge in [-0.1, -0.05) is 30.3 Å². The van der Waals surface area contributed by atoms with Crippen molar-refractivity contribution in [2.75, 3.05) is 6.54 Å². The van der Waals surface area contributed by atoms with Crippen LogP contribution in [0.5, 0.6) is 0 Å². The van der Waals surface area contributed by atoms with Crippen LogP contribution in [0.3, 0.4) is 0 Å². The van der Waals surface area contributed by atoms with Gasteiger partial charge < -0.3 is 5.32 Å². The molecule has 4 rings (SSSR count). The average molecular weight is 341 g/mol. The Bertz CT molecular complexity index is 958. The van der Waals surface area contributed by atoms with Crippen LogP contribution < -0.4 is 5.32 Å². The van der Waals surface area contributed by atoms with E-state index in [1.54, 1.807) is 24.3 Å². The summed E-state index contributed by atoms with van der Waals surface area (Å²) in [5.74, 6) is 0. The van der Waals surface area contributed by atoms with Crippen LogP contribution in [0.4, 0.5) is 0 Å². The van der Waals surface area contributed by atoms with Gasteiger partial charge in [-0.3, -0.25) is 4.68 Å². The molecule has 0 spiro atoms. The predicted molar refractivity (Wildman–Crippen MR) is 92.7 cm³/mol. The number of aromatic nitrogens is 2. The molecule has 1 N–H and O–H groups in total. The molecule has 2 heterocycles. The maximum absolute atomic E-state index is 13.0. The molecule has 0 aliphatic carbocycles. The molecule has 1 aliphatic rings. The van der Waals surface area contributed by atoms with E-state index >= 15 is 0 Å². The number of rotatable bonds is 4. The Balaban J connectivity index is 1.84. The summed E-state index contributed by atoms with van der Waals surface area (Å²) in [4.78, 5) is 0.277. The van der Waals surface area contributed by atoms with Crippen LogP contribution in [0.1, 0.15) is 12.8 Å². The van der Waals surface area contributed by atoms with Gasteiger partial charge in [0.15, 0.2) is 5.03 Å². The normalized spacial score (nSPS) is 18.2. The zero-order chi connectivity index (χ0) is 16.6. The van der Waals surface area contributed by atoms with E-state index in [2.05, 4.69) is 10.4 Å². The van der Waals surface area contributed by atoms with E-state index in [0.717, 1.165) is 24.9 Å². The van der Waals surface area contributed by atoms with Gasteiger partial charge in [0.2, 0.25) is 9.84 Å². The molecule has 1 aliphatic heterocycles. The molecule has 1 atom stereocenters. The van der Waals surface area contributed by atoms with Crippen molar-refractivity contribution in [3.05, 3.63) is 54.6 Å². The minimum absolute atomic E-state index is 0.141. The highest BCUT2D eigenvalue weighted by Gasteiger charge is 2.26. The summed E-state index contributed by atoms with van der Waals surface area (Å²) in [7, 11) is -3.63. The summed E-state index contributed by atoms with van der Waals surface area (Å²) in [6, 6.07) is 16.4. The number of fused-ring (bicyclic) bond motifs is 1. The molecule has 5 nitrogen and oxygen atoms in total. The number of nitrogens with one attached hydrogen (secondary N) is 1. The number of nitrogens with zero attached hydrogens (tertiary/aromatic N) is 2. The van der Waals surface area contributed by atoms with Gasteiger partial charge in [-0.2, -0.15) is 5.10 Å². The Morgan fingerprint density at radius 3 is 2.58 bits per heavy atom. The van der Waals surface area contributed by atoms with E-state index in [0.29, 0.717) is 18.0 Å². The maximum atomic E-state index is 13.0. The van der Waals surface area contributed by atoms with Crippen LogP contribution in [-0.4, -0.2) is 30.8 Å². The molecular weight excluding hydrogens is 322 g/mol. The highest BCUT2D eigenvalue weighted by atomic mass is 32.2. The lowest BCUT2D eigenvalue weighted by Crippen LogP contribution is -2.27. The number of hydrogen-bond acceptors (Lipinski definition) is 4. The number of para-hydroxylation sites is 1. The second kappa shape index (κ2) is 6.03. The number of sulfone groups is 1. The topological polar surface area (TPSA) is 64.0 Å². The standard InChI is InChI=1S/C18H19N3O2S/c22-24(23,15-8-2-1-3-9-15)18-16-10-4-5-11-17(16)21(20-18)13-14-7-6-12-19-14/h1-5,8-11,14,19H,6-7,12-13H2. The first-order valence-corrected chi connectivity index (χ1v) is 9.63. The Morgan fingerprint density at radius 1 is 1.08 bits per heavy atom. The van der Waals surface area contributed by atoms with E-state index in [-0.39, 0.29) is 9.92 Å². The quantitative estimate of drug-likeness (QED) is 0.792. The first kappa shape index (κ1) is 15.4. The van der Waals surface area contributed by atoms with Gasteiger partial charge in [0, 0.05) is 11.4 Å². The summed E-state index contributed by atoms with van der Waals surface area (Å²) < 4.78 is 27.8. The lowest BCUT2D eigenvalue weighted by atomic mass is 10.2. The Labute approximate surface area is 141 Å². The minimum atomic E-state index is -3.63. The monoisotopic (exact) mass is 341 g/mol. The van der Waals surface area contributed by atoms with Crippen LogP contribution in [0.15, 0.2) is 64.5 Å². The van der Waals surface area contributed by atoms with Gasteiger partial charge in [0.05, 0.1) is 17.0 Å². The van der Waals surface area contributed by atoms with Crippen LogP contribution >= 0.6 is 0 Å². The lowest BCUT2D eigenvalue weighted by molar-refractivity contribution is 0.478. The molecule has 1 fully saturated rings. The first-order valence-electron chi connectivity index (χ1n) is 8.15. The van der Waals surface area contributed by atoms with Crippen LogP contribution in [0, 0.1) is 0 Å². The van der Waals surface area contributed by atoms with Crippen molar-refractivity contribution in [2.24, 2.45) is 0 Å². The molecule has 1 aromatic heterocycles. The third kappa shape index (κ3) is 2.61. The van der Waals surface area contributed by atoms with E-state index in [1.807, 2.05) is 35.0 Å². The van der Waals surface area contributed by atoms with Crippen molar-refractivity contribution in [1.29, 1.82) is 0 Å². The Morgan fingerprint density at radius 2 is 1.83 bits per heavy atom. The smallest absolute Gasteiger partial charge is 0.226 e. The Hall–Kier alpha value is -2.18. The van der Waals surface area contributed by atoms with Crippen molar-refractivity contribution >= 4 is 20.7 Å². The van der Waals surface area contributed by atoms with Gasteiger partial charge in [0.25, 0.3) is 0 Å². The molecular formula is C18H19N3O2S. The zero-order valence-electron chi connectivity index (χ0n) is 13.2. The van der Waals surface area contributed by atoms with Gasteiger partial charge in [0.1, 0.15) is 0 Å². The molecule has 6 heteroatoms. The zero-order valence-corrected chi connectivity index (χ0v) is 14.0. The molecule has 124 valence electrons. The fraction of sp³-hybridized carbons (Fsp3) is 0.278. The van der Waals surface area contributed by atoms with Crippen molar-refractivity contribution in [3.63, 3.8) is 0 Å². The largest absolute Gasteiger partial charge is 0.312 e. The third-order valence-electron chi connectivity index (χ3n) is 4.49. The van der Waals surface area contributed by atoms with E-state index in [9.17, 15) is 8.42 Å².